The van der Waals surface area contributed by atoms with Gasteiger partial charge in [0.2, 0.25) is 0 Å². The standard InChI is InChI=1S/C18H28N2/c1-5-8-15(4)12-20-13-16(11-19-14(2)3)17-9-6-7-10-18(17)20/h6-7,9-10,13-15,19H,5,8,11-12H2,1-4H3. The number of nitrogens with one attached hydrogen (secondary N) is 1. The molecule has 2 rings (SSSR count). The van der Waals surface area contributed by atoms with Gasteiger partial charge >= 0.3 is 0 Å². The predicted octanol–water partition coefficient (Wildman–Crippen LogP) is 4.58. The number of para-hydroxylation sites is 1. The van der Waals surface area contributed by atoms with Gasteiger partial charge in [-0.05, 0) is 24.0 Å². The van der Waals surface area contributed by atoms with Gasteiger partial charge in [0.1, 0.15) is 0 Å². The molecule has 2 aromatic rings. The molecule has 2 nitrogen and oxygen atoms in total. The van der Waals surface area contributed by atoms with Crippen molar-refractivity contribution in [3.8, 4) is 0 Å². The van der Waals surface area contributed by atoms with Crippen molar-refractivity contribution in [2.75, 3.05) is 0 Å². The van der Waals surface area contributed by atoms with Crippen molar-refractivity contribution < 1.29 is 0 Å². The van der Waals surface area contributed by atoms with Crippen LogP contribution in [0, 0.1) is 5.92 Å². The van der Waals surface area contributed by atoms with Crippen LogP contribution in [0.2, 0.25) is 0 Å². The lowest BCUT2D eigenvalue weighted by molar-refractivity contribution is 0.452. The van der Waals surface area contributed by atoms with E-state index in [0.717, 1.165) is 19.0 Å². The molecule has 1 unspecified atom stereocenters. The summed E-state index contributed by atoms with van der Waals surface area (Å²) in [6, 6.07) is 9.29. The summed E-state index contributed by atoms with van der Waals surface area (Å²) in [5.74, 6) is 0.738. The third kappa shape index (κ3) is 3.63. The molecular formula is C18H28N2. The van der Waals surface area contributed by atoms with E-state index < -0.39 is 0 Å². The average Bonchev–Trinajstić information content (AvgIpc) is 2.75. The van der Waals surface area contributed by atoms with Crippen LogP contribution in [0.5, 0.6) is 0 Å². The largest absolute Gasteiger partial charge is 0.347 e. The van der Waals surface area contributed by atoms with E-state index in [0.29, 0.717) is 6.04 Å². The number of nitrogens with zero attached hydrogens (tertiary/aromatic N) is 1. The zero-order valence-electron chi connectivity index (χ0n) is 13.3. The van der Waals surface area contributed by atoms with E-state index >= 15 is 0 Å². The van der Waals surface area contributed by atoms with E-state index in [1.807, 2.05) is 0 Å². The van der Waals surface area contributed by atoms with Crippen molar-refractivity contribution >= 4 is 10.9 Å². The Morgan fingerprint density at radius 3 is 2.60 bits per heavy atom. The van der Waals surface area contributed by atoms with Crippen LogP contribution >= 0.6 is 0 Å². The topological polar surface area (TPSA) is 17.0 Å². The molecular weight excluding hydrogens is 244 g/mol. The van der Waals surface area contributed by atoms with Gasteiger partial charge in [-0.2, -0.15) is 0 Å². The van der Waals surface area contributed by atoms with Crippen LogP contribution in [0.15, 0.2) is 30.5 Å². The van der Waals surface area contributed by atoms with Crippen molar-refractivity contribution in [2.45, 2.75) is 59.7 Å². The van der Waals surface area contributed by atoms with Gasteiger partial charge in [-0.15, -0.1) is 0 Å². The minimum Gasteiger partial charge on any atom is -0.347 e. The second-order valence-corrected chi connectivity index (χ2v) is 6.25. The first kappa shape index (κ1) is 15.1. The van der Waals surface area contributed by atoms with E-state index in [1.54, 1.807) is 0 Å². The minimum atomic E-state index is 0.524. The Bertz CT molecular complexity index is 539. The normalized spacial score (nSPS) is 13.2. The third-order valence-electron chi connectivity index (χ3n) is 3.86. The highest BCUT2D eigenvalue weighted by Gasteiger charge is 2.10. The molecule has 0 aliphatic carbocycles. The van der Waals surface area contributed by atoms with Gasteiger partial charge in [0, 0.05) is 36.2 Å². The molecule has 0 radical (unpaired) electrons. The Morgan fingerprint density at radius 1 is 1.15 bits per heavy atom. The minimum absolute atomic E-state index is 0.524. The highest BCUT2D eigenvalue weighted by atomic mass is 15.0. The molecule has 0 aliphatic rings. The Labute approximate surface area is 123 Å². The fourth-order valence-corrected chi connectivity index (χ4v) is 2.85. The maximum absolute atomic E-state index is 3.53. The first-order chi connectivity index (χ1) is 9.61. The van der Waals surface area contributed by atoms with Crippen LogP contribution in [0.25, 0.3) is 10.9 Å². The summed E-state index contributed by atoms with van der Waals surface area (Å²) in [4.78, 5) is 0. The lowest BCUT2D eigenvalue weighted by Gasteiger charge is -2.12. The summed E-state index contributed by atoms with van der Waals surface area (Å²) in [5, 5.41) is 4.93. The molecule has 0 fully saturated rings. The van der Waals surface area contributed by atoms with E-state index in [2.05, 4.69) is 68.0 Å². The fraction of sp³-hybridized carbons (Fsp3) is 0.556. The Hall–Kier alpha value is -1.28. The molecule has 110 valence electrons. The zero-order valence-corrected chi connectivity index (χ0v) is 13.3. The molecule has 1 atom stereocenters. The van der Waals surface area contributed by atoms with Gasteiger partial charge in [0.25, 0.3) is 0 Å². The smallest absolute Gasteiger partial charge is 0.0483 e. The van der Waals surface area contributed by atoms with Crippen molar-refractivity contribution in [3.63, 3.8) is 0 Å². The maximum atomic E-state index is 3.53. The van der Waals surface area contributed by atoms with Gasteiger partial charge in [-0.3, -0.25) is 0 Å². The second-order valence-electron chi connectivity index (χ2n) is 6.25. The molecule has 1 N–H and O–H groups in total. The summed E-state index contributed by atoms with van der Waals surface area (Å²) in [6.45, 7) is 11.1. The van der Waals surface area contributed by atoms with E-state index in [-0.39, 0.29) is 0 Å². The zero-order chi connectivity index (χ0) is 14.5. The molecule has 1 heterocycles. The lowest BCUT2D eigenvalue weighted by atomic mass is 10.1. The summed E-state index contributed by atoms with van der Waals surface area (Å²) in [5.41, 5.74) is 2.79. The molecule has 0 amide bonds. The number of hydrogen-bond acceptors (Lipinski definition) is 1. The molecule has 0 aliphatic heterocycles. The van der Waals surface area contributed by atoms with Crippen LogP contribution in [0.1, 0.15) is 46.1 Å². The molecule has 1 aromatic carbocycles. The number of fused-ring (bicyclic) bond motifs is 1. The first-order valence-corrected chi connectivity index (χ1v) is 7.92. The summed E-state index contributed by atoms with van der Waals surface area (Å²) in [6.07, 6.45) is 4.90. The Kier molecular flexibility index (Phi) is 5.24. The van der Waals surface area contributed by atoms with Crippen LogP contribution in [0.3, 0.4) is 0 Å². The number of benzene rings is 1. The maximum Gasteiger partial charge on any atom is 0.0483 e. The lowest BCUT2D eigenvalue weighted by Crippen LogP contribution is -2.21. The average molecular weight is 272 g/mol. The summed E-state index contributed by atoms with van der Waals surface area (Å²) < 4.78 is 2.44. The van der Waals surface area contributed by atoms with Crippen molar-refractivity contribution in [3.05, 3.63) is 36.0 Å². The number of aromatic nitrogens is 1. The van der Waals surface area contributed by atoms with E-state index in [9.17, 15) is 0 Å². The fourth-order valence-electron chi connectivity index (χ4n) is 2.85. The molecule has 2 heteroatoms. The van der Waals surface area contributed by atoms with Crippen LogP contribution in [-0.4, -0.2) is 10.6 Å². The highest BCUT2D eigenvalue weighted by molar-refractivity contribution is 5.83. The van der Waals surface area contributed by atoms with Crippen molar-refractivity contribution in [1.82, 2.24) is 9.88 Å². The molecule has 0 spiro atoms. The molecule has 0 saturated carbocycles. The highest BCUT2D eigenvalue weighted by Crippen LogP contribution is 2.23. The van der Waals surface area contributed by atoms with Gasteiger partial charge in [-0.25, -0.2) is 0 Å². The number of hydrogen-bond donors (Lipinski definition) is 1. The van der Waals surface area contributed by atoms with Crippen LogP contribution in [0.4, 0.5) is 0 Å². The van der Waals surface area contributed by atoms with Crippen molar-refractivity contribution in [1.29, 1.82) is 0 Å². The quantitative estimate of drug-likeness (QED) is 0.781. The van der Waals surface area contributed by atoms with Gasteiger partial charge < -0.3 is 9.88 Å². The Balaban J connectivity index is 2.25. The molecule has 0 saturated heterocycles. The van der Waals surface area contributed by atoms with Gasteiger partial charge in [-0.1, -0.05) is 52.3 Å². The summed E-state index contributed by atoms with van der Waals surface area (Å²) in [7, 11) is 0. The Morgan fingerprint density at radius 2 is 1.90 bits per heavy atom. The molecule has 20 heavy (non-hydrogen) atoms. The van der Waals surface area contributed by atoms with Crippen LogP contribution in [-0.2, 0) is 13.1 Å². The number of rotatable bonds is 7. The predicted molar refractivity (Wildman–Crippen MR) is 88.0 cm³/mol. The SMILES string of the molecule is CCCC(C)Cn1cc(CNC(C)C)c2ccccc21. The third-order valence-corrected chi connectivity index (χ3v) is 3.86. The van der Waals surface area contributed by atoms with Gasteiger partial charge in [0.05, 0.1) is 0 Å². The summed E-state index contributed by atoms with van der Waals surface area (Å²) >= 11 is 0. The van der Waals surface area contributed by atoms with Crippen LogP contribution < -0.4 is 5.32 Å². The van der Waals surface area contributed by atoms with Crippen molar-refractivity contribution in [2.24, 2.45) is 5.92 Å². The van der Waals surface area contributed by atoms with E-state index in [4.69, 9.17) is 0 Å². The monoisotopic (exact) mass is 272 g/mol. The van der Waals surface area contributed by atoms with E-state index in [1.165, 1.54) is 29.3 Å². The second kappa shape index (κ2) is 6.94. The van der Waals surface area contributed by atoms with Gasteiger partial charge in [0.15, 0.2) is 0 Å². The first-order valence-electron chi connectivity index (χ1n) is 7.92. The molecule has 0 bridgehead atoms. The molecule has 1 aromatic heterocycles.